The van der Waals surface area contributed by atoms with Crippen molar-refractivity contribution in [1.29, 1.82) is 0 Å². The van der Waals surface area contributed by atoms with Crippen molar-refractivity contribution in [2.45, 2.75) is 48.5 Å². The molecule has 0 bridgehead atoms. The second-order valence-electron chi connectivity index (χ2n) is 5.19. The highest BCUT2D eigenvalue weighted by molar-refractivity contribution is 7.94. The van der Waals surface area contributed by atoms with Crippen LogP contribution in [0.25, 0.3) is 0 Å². The molecule has 0 atom stereocenters. The zero-order chi connectivity index (χ0) is 12.9. The second-order valence-corrected chi connectivity index (χ2v) is 9.57. The molecule has 100 valence electrons. The van der Waals surface area contributed by atoms with Gasteiger partial charge >= 0.3 is 0 Å². The van der Waals surface area contributed by atoms with Gasteiger partial charge in [0.25, 0.3) is 10.1 Å². The number of sulfone groups is 1. The van der Waals surface area contributed by atoms with E-state index in [2.05, 4.69) is 0 Å². The number of hydrogen-bond acceptors (Lipinski definition) is 5. The van der Waals surface area contributed by atoms with E-state index in [1.54, 1.807) is 0 Å². The van der Waals surface area contributed by atoms with Crippen LogP contribution < -0.4 is 0 Å². The van der Waals surface area contributed by atoms with Gasteiger partial charge in [0.15, 0.2) is 9.84 Å². The summed E-state index contributed by atoms with van der Waals surface area (Å²) in [4.78, 5) is 0. The van der Waals surface area contributed by atoms with Gasteiger partial charge in [-0.15, -0.1) is 0 Å². The van der Waals surface area contributed by atoms with E-state index in [-0.39, 0.29) is 6.61 Å². The minimum absolute atomic E-state index is 0.212. The molecule has 5 nitrogen and oxygen atoms in total. The van der Waals surface area contributed by atoms with Crippen molar-refractivity contribution in [3.05, 3.63) is 0 Å². The lowest BCUT2D eigenvalue weighted by atomic mass is 10.3. The van der Waals surface area contributed by atoms with Crippen molar-refractivity contribution in [3.8, 4) is 0 Å². The average molecular weight is 282 g/mol. The molecule has 0 heterocycles. The molecular formula is C10H18O5S2. The van der Waals surface area contributed by atoms with Crippen molar-refractivity contribution < 1.29 is 21.0 Å². The van der Waals surface area contributed by atoms with Gasteiger partial charge < -0.3 is 0 Å². The Kier molecular flexibility index (Phi) is 2.88. The Balaban J connectivity index is 2.17. The molecule has 0 amide bonds. The number of hydrogen-bond donors (Lipinski definition) is 0. The Bertz CT molecular complexity index is 509. The maximum Gasteiger partial charge on any atom is 0.264 e. The molecule has 0 aromatic carbocycles. The highest BCUT2D eigenvalue weighted by Crippen LogP contribution is 2.57. The van der Waals surface area contributed by atoms with Crippen LogP contribution in [0.2, 0.25) is 0 Å². The molecule has 0 N–H and O–H groups in total. The Labute approximate surface area is 103 Å². The van der Waals surface area contributed by atoms with Gasteiger partial charge in [-0.3, -0.25) is 4.18 Å². The minimum atomic E-state index is -3.57. The Morgan fingerprint density at radius 3 is 1.76 bits per heavy atom. The molecule has 0 radical (unpaired) electrons. The van der Waals surface area contributed by atoms with E-state index < -0.39 is 29.4 Å². The molecule has 2 saturated carbocycles. The molecule has 0 unspecified atom stereocenters. The largest absolute Gasteiger partial charge is 0.269 e. The van der Waals surface area contributed by atoms with Gasteiger partial charge in [0.2, 0.25) is 0 Å². The first-order chi connectivity index (χ1) is 7.68. The lowest BCUT2D eigenvalue weighted by Crippen LogP contribution is -2.38. The highest BCUT2D eigenvalue weighted by Gasteiger charge is 2.66. The van der Waals surface area contributed by atoms with Gasteiger partial charge in [-0.25, -0.2) is 8.42 Å². The van der Waals surface area contributed by atoms with Gasteiger partial charge in [-0.05, 0) is 32.1 Å². The van der Waals surface area contributed by atoms with E-state index in [0.717, 1.165) is 6.26 Å². The van der Waals surface area contributed by atoms with Crippen molar-refractivity contribution >= 4 is 20.0 Å². The van der Waals surface area contributed by atoms with Crippen LogP contribution in [0, 0.1) is 0 Å². The molecule has 2 aliphatic rings. The average Bonchev–Trinajstić information content (AvgIpc) is 3.09. The van der Waals surface area contributed by atoms with E-state index in [4.69, 9.17) is 4.18 Å². The third kappa shape index (κ3) is 2.13. The lowest BCUT2D eigenvalue weighted by Gasteiger charge is -2.22. The molecule has 0 aromatic rings. The topological polar surface area (TPSA) is 77.5 Å². The highest BCUT2D eigenvalue weighted by atomic mass is 32.2. The monoisotopic (exact) mass is 282 g/mol. The Morgan fingerprint density at radius 2 is 1.47 bits per heavy atom. The van der Waals surface area contributed by atoms with Gasteiger partial charge in [-0.1, -0.05) is 6.92 Å². The first-order valence-corrected chi connectivity index (χ1v) is 9.07. The van der Waals surface area contributed by atoms with Crippen LogP contribution in [0.15, 0.2) is 0 Å². The summed E-state index contributed by atoms with van der Waals surface area (Å²) in [6.07, 6.45) is 4.00. The summed E-state index contributed by atoms with van der Waals surface area (Å²) in [5.74, 6) is 0. The second kappa shape index (κ2) is 3.68. The normalized spacial score (nSPS) is 25.5. The summed E-state index contributed by atoms with van der Waals surface area (Å²) < 4.78 is 50.0. The third-order valence-corrected chi connectivity index (χ3v) is 7.99. The van der Waals surface area contributed by atoms with Crippen LogP contribution in [0.3, 0.4) is 0 Å². The molecule has 2 fully saturated rings. The molecule has 2 rings (SSSR count). The van der Waals surface area contributed by atoms with E-state index >= 15 is 0 Å². The van der Waals surface area contributed by atoms with E-state index in [9.17, 15) is 16.8 Å². The zero-order valence-electron chi connectivity index (χ0n) is 10.1. The van der Waals surface area contributed by atoms with E-state index in [1.165, 1.54) is 0 Å². The summed E-state index contributed by atoms with van der Waals surface area (Å²) >= 11 is 0. The fourth-order valence-corrected chi connectivity index (χ4v) is 5.56. The molecule has 0 aliphatic heterocycles. The van der Waals surface area contributed by atoms with Gasteiger partial charge in [0.05, 0.1) is 22.4 Å². The molecule has 0 aromatic heterocycles. The summed E-state index contributed by atoms with van der Waals surface area (Å²) in [5, 5.41) is 0. The molecule has 0 spiro atoms. The minimum Gasteiger partial charge on any atom is -0.269 e. The fourth-order valence-electron chi connectivity index (χ4n) is 2.26. The molecule has 7 heteroatoms. The van der Waals surface area contributed by atoms with Crippen LogP contribution >= 0.6 is 0 Å². The first kappa shape index (κ1) is 13.3. The molecule has 0 saturated heterocycles. The Morgan fingerprint density at radius 1 is 1.00 bits per heavy atom. The SMILES string of the molecule is CCC1(S(=O)(=O)C2(COS(C)(=O)=O)CC2)CC1. The third-order valence-electron chi connectivity index (χ3n) is 3.94. The van der Waals surface area contributed by atoms with Crippen molar-refractivity contribution in [2.24, 2.45) is 0 Å². The van der Waals surface area contributed by atoms with Gasteiger partial charge in [0, 0.05) is 0 Å². The Hall–Kier alpha value is -0.140. The molecule has 2 aliphatic carbocycles. The van der Waals surface area contributed by atoms with Crippen LogP contribution in [0.5, 0.6) is 0 Å². The first-order valence-electron chi connectivity index (χ1n) is 5.77. The van der Waals surface area contributed by atoms with Crippen molar-refractivity contribution in [1.82, 2.24) is 0 Å². The van der Waals surface area contributed by atoms with Gasteiger partial charge in [-0.2, -0.15) is 8.42 Å². The summed E-state index contributed by atoms with van der Waals surface area (Å²) in [6, 6.07) is 0. The quantitative estimate of drug-likeness (QED) is 0.675. The lowest BCUT2D eigenvalue weighted by molar-refractivity contribution is 0.310. The summed E-state index contributed by atoms with van der Waals surface area (Å²) in [6.45, 7) is 1.66. The van der Waals surface area contributed by atoms with Crippen LogP contribution in [-0.4, -0.2) is 39.2 Å². The standard InChI is InChI=1S/C10H18O5S2/c1-3-9(4-5-9)17(13,14)10(6-7-10)8-15-16(2,11)12/h3-8H2,1-2H3. The predicted octanol–water partition coefficient (Wildman–Crippen LogP) is 0.853. The summed E-state index contributed by atoms with van der Waals surface area (Å²) in [7, 11) is -6.85. The van der Waals surface area contributed by atoms with Gasteiger partial charge in [0.1, 0.15) is 0 Å². The number of rotatable bonds is 6. The zero-order valence-corrected chi connectivity index (χ0v) is 11.7. The molecule has 17 heavy (non-hydrogen) atoms. The van der Waals surface area contributed by atoms with Crippen LogP contribution in [-0.2, 0) is 24.1 Å². The maximum absolute atomic E-state index is 12.5. The van der Waals surface area contributed by atoms with Crippen molar-refractivity contribution in [3.63, 3.8) is 0 Å². The van der Waals surface area contributed by atoms with E-state index in [0.29, 0.717) is 32.1 Å². The smallest absolute Gasteiger partial charge is 0.264 e. The molecular weight excluding hydrogens is 264 g/mol. The van der Waals surface area contributed by atoms with Crippen LogP contribution in [0.4, 0.5) is 0 Å². The van der Waals surface area contributed by atoms with Crippen molar-refractivity contribution in [2.75, 3.05) is 12.9 Å². The maximum atomic E-state index is 12.5. The fraction of sp³-hybridized carbons (Fsp3) is 1.00. The summed E-state index contributed by atoms with van der Waals surface area (Å²) in [5.41, 5.74) is 0. The van der Waals surface area contributed by atoms with E-state index in [1.807, 2.05) is 6.92 Å². The van der Waals surface area contributed by atoms with Crippen LogP contribution in [0.1, 0.15) is 39.0 Å². The predicted molar refractivity (Wildman–Crippen MR) is 63.9 cm³/mol.